The Labute approximate surface area is 139 Å². The molecule has 2 aromatic rings. The van der Waals surface area contributed by atoms with Crippen molar-refractivity contribution in [2.75, 3.05) is 31.3 Å². The molecule has 0 aliphatic rings. The molecule has 0 saturated heterocycles. The number of para-hydroxylation sites is 2. The number of rotatable bonds is 9. The quantitative estimate of drug-likeness (QED) is 0.511. The first-order valence-electron chi connectivity index (χ1n) is 7.69. The minimum absolute atomic E-state index is 0. The maximum atomic E-state index is 5.86. The largest absolute Gasteiger partial charge is 1.00 e. The summed E-state index contributed by atoms with van der Waals surface area (Å²) < 4.78 is 5.86. The van der Waals surface area contributed by atoms with Gasteiger partial charge in [-0.1, -0.05) is 36.4 Å². The molecule has 0 unspecified atom stereocenters. The molecular weight excluding hydrogens is 296 g/mol. The van der Waals surface area contributed by atoms with E-state index in [-0.39, 0.29) is 12.4 Å². The Morgan fingerprint density at radius 1 is 0.909 bits per heavy atom. The van der Waals surface area contributed by atoms with Gasteiger partial charge in [0.05, 0.1) is 19.7 Å². The molecule has 0 atom stereocenters. The minimum Gasteiger partial charge on any atom is -1.00 e. The Hall–Kier alpha value is -1.55. The third-order valence-corrected chi connectivity index (χ3v) is 3.34. The van der Waals surface area contributed by atoms with Crippen LogP contribution in [0.2, 0.25) is 0 Å². The minimum atomic E-state index is 0. The van der Waals surface area contributed by atoms with E-state index in [9.17, 15) is 0 Å². The van der Waals surface area contributed by atoms with Gasteiger partial charge in [0.1, 0.15) is 6.73 Å². The molecule has 0 aliphatic heterocycles. The van der Waals surface area contributed by atoms with Crippen LogP contribution < -0.4 is 22.6 Å². The molecule has 0 heterocycles. The fourth-order valence-electron chi connectivity index (χ4n) is 2.20. The molecule has 0 spiro atoms. The van der Waals surface area contributed by atoms with Crippen LogP contribution in [0.3, 0.4) is 0 Å². The number of nitrogens with two attached hydrogens (primary N) is 1. The number of halogens is 1. The molecule has 22 heavy (non-hydrogen) atoms. The van der Waals surface area contributed by atoms with E-state index in [2.05, 4.69) is 65.7 Å². The van der Waals surface area contributed by atoms with Gasteiger partial charge in [0, 0.05) is 17.8 Å². The molecule has 0 aliphatic carbocycles. The summed E-state index contributed by atoms with van der Waals surface area (Å²) in [6, 6.07) is 20.7. The molecule has 0 radical (unpaired) electrons. The summed E-state index contributed by atoms with van der Waals surface area (Å²) in [6.07, 6.45) is 1.09. The van der Waals surface area contributed by atoms with Gasteiger partial charge < -0.3 is 27.4 Å². The Morgan fingerprint density at radius 3 is 1.95 bits per heavy atom. The highest BCUT2D eigenvalue weighted by molar-refractivity contribution is 5.62. The van der Waals surface area contributed by atoms with Crippen molar-refractivity contribution in [1.82, 2.24) is 0 Å². The van der Waals surface area contributed by atoms with E-state index < -0.39 is 0 Å². The highest BCUT2D eigenvalue weighted by Gasteiger charge is 2.08. The summed E-state index contributed by atoms with van der Waals surface area (Å²) in [7, 11) is 0. The van der Waals surface area contributed by atoms with Crippen LogP contribution in [0.4, 0.5) is 11.4 Å². The first-order valence-corrected chi connectivity index (χ1v) is 7.69. The SMILES string of the molecule is CC[NH2+]CCCOCN(c1ccccc1)c1ccccc1.[Cl-]. The molecule has 2 aromatic carbocycles. The van der Waals surface area contributed by atoms with Gasteiger partial charge in [0.15, 0.2) is 0 Å². The number of hydrogen-bond donors (Lipinski definition) is 1. The Balaban J connectivity index is 0.00000242. The summed E-state index contributed by atoms with van der Waals surface area (Å²) in [5, 5.41) is 2.30. The van der Waals surface area contributed by atoms with E-state index in [1.807, 2.05) is 12.1 Å². The Kier molecular flexibility index (Phi) is 9.31. The van der Waals surface area contributed by atoms with Crippen molar-refractivity contribution in [2.45, 2.75) is 13.3 Å². The first kappa shape index (κ1) is 18.5. The molecule has 0 aromatic heterocycles. The predicted molar refractivity (Wildman–Crippen MR) is 87.8 cm³/mol. The summed E-state index contributed by atoms with van der Waals surface area (Å²) in [5.41, 5.74) is 2.31. The lowest BCUT2D eigenvalue weighted by Crippen LogP contribution is -3.00. The van der Waals surface area contributed by atoms with Crippen LogP contribution in [0.5, 0.6) is 0 Å². The maximum Gasteiger partial charge on any atom is 0.123 e. The first-order chi connectivity index (χ1) is 10.4. The average molecular weight is 321 g/mol. The smallest absolute Gasteiger partial charge is 0.123 e. The zero-order chi connectivity index (χ0) is 14.8. The number of quaternary nitrogens is 1. The van der Waals surface area contributed by atoms with Crippen LogP contribution in [0.15, 0.2) is 60.7 Å². The van der Waals surface area contributed by atoms with Crippen molar-refractivity contribution in [3.05, 3.63) is 60.7 Å². The number of benzene rings is 2. The lowest BCUT2D eigenvalue weighted by atomic mass is 10.2. The summed E-state index contributed by atoms with van der Waals surface area (Å²) in [6.45, 7) is 5.83. The van der Waals surface area contributed by atoms with Crippen molar-refractivity contribution >= 4 is 11.4 Å². The lowest BCUT2D eigenvalue weighted by molar-refractivity contribution is -0.652. The third-order valence-electron chi connectivity index (χ3n) is 3.34. The van der Waals surface area contributed by atoms with Crippen molar-refractivity contribution in [3.63, 3.8) is 0 Å². The van der Waals surface area contributed by atoms with Crippen LogP contribution in [-0.2, 0) is 4.74 Å². The fourth-order valence-corrected chi connectivity index (χ4v) is 2.20. The molecule has 0 fully saturated rings. The monoisotopic (exact) mass is 320 g/mol. The molecule has 2 N–H and O–H groups in total. The molecule has 120 valence electrons. The number of anilines is 2. The summed E-state index contributed by atoms with van der Waals surface area (Å²) in [5.74, 6) is 0. The van der Waals surface area contributed by atoms with Crippen molar-refractivity contribution < 1.29 is 22.5 Å². The van der Waals surface area contributed by atoms with Gasteiger partial charge in [0.25, 0.3) is 0 Å². The molecule has 0 bridgehead atoms. The van der Waals surface area contributed by atoms with Gasteiger partial charge in [-0.2, -0.15) is 0 Å². The zero-order valence-electron chi connectivity index (χ0n) is 13.1. The van der Waals surface area contributed by atoms with Crippen LogP contribution >= 0.6 is 0 Å². The molecule has 0 amide bonds. The van der Waals surface area contributed by atoms with E-state index in [1.165, 1.54) is 0 Å². The van der Waals surface area contributed by atoms with Gasteiger partial charge >= 0.3 is 0 Å². The van der Waals surface area contributed by atoms with Crippen LogP contribution in [-0.4, -0.2) is 26.4 Å². The van der Waals surface area contributed by atoms with Crippen molar-refractivity contribution in [2.24, 2.45) is 0 Å². The fraction of sp³-hybridized carbons (Fsp3) is 0.333. The van der Waals surface area contributed by atoms with E-state index in [0.717, 1.165) is 37.5 Å². The van der Waals surface area contributed by atoms with Crippen molar-refractivity contribution in [3.8, 4) is 0 Å². The van der Waals surface area contributed by atoms with Gasteiger partial charge in [-0.3, -0.25) is 0 Å². The zero-order valence-corrected chi connectivity index (χ0v) is 13.9. The number of nitrogens with zero attached hydrogens (tertiary/aromatic N) is 1. The predicted octanol–water partition coefficient (Wildman–Crippen LogP) is -0.224. The normalized spacial score (nSPS) is 10.0. The molecule has 4 heteroatoms. The maximum absolute atomic E-state index is 5.86. The van der Waals surface area contributed by atoms with E-state index >= 15 is 0 Å². The molecule has 3 nitrogen and oxygen atoms in total. The van der Waals surface area contributed by atoms with Crippen molar-refractivity contribution in [1.29, 1.82) is 0 Å². The second kappa shape index (κ2) is 11.1. The second-order valence-corrected chi connectivity index (χ2v) is 4.98. The van der Waals surface area contributed by atoms with Gasteiger partial charge in [0.2, 0.25) is 0 Å². The van der Waals surface area contributed by atoms with Gasteiger partial charge in [-0.25, -0.2) is 0 Å². The average Bonchev–Trinajstić information content (AvgIpc) is 2.56. The molecular formula is C18H25ClN2O. The summed E-state index contributed by atoms with van der Waals surface area (Å²) >= 11 is 0. The number of hydrogen-bond acceptors (Lipinski definition) is 2. The Morgan fingerprint density at radius 2 is 1.45 bits per heavy atom. The topological polar surface area (TPSA) is 29.1 Å². The Bertz CT molecular complexity index is 453. The van der Waals surface area contributed by atoms with Crippen LogP contribution in [0.1, 0.15) is 13.3 Å². The molecule has 2 rings (SSSR count). The number of ether oxygens (including phenoxy) is 1. The molecule has 0 saturated carbocycles. The van der Waals surface area contributed by atoms with E-state index in [4.69, 9.17) is 4.74 Å². The summed E-state index contributed by atoms with van der Waals surface area (Å²) in [4.78, 5) is 2.20. The van der Waals surface area contributed by atoms with Gasteiger partial charge in [-0.05, 0) is 31.2 Å². The second-order valence-electron chi connectivity index (χ2n) is 4.98. The van der Waals surface area contributed by atoms with Gasteiger partial charge in [-0.15, -0.1) is 0 Å². The standard InChI is InChI=1S/C18H24N2O.ClH/c1-2-19-14-9-15-21-16-20(17-10-5-3-6-11-17)18-12-7-4-8-13-18;/h3-8,10-13,19H,2,9,14-16H2,1H3;1H. The van der Waals surface area contributed by atoms with Crippen LogP contribution in [0, 0.1) is 0 Å². The van der Waals surface area contributed by atoms with Crippen LogP contribution in [0.25, 0.3) is 0 Å². The van der Waals surface area contributed by atoms with E-state index in [0.29, 0.717) is 6.73 Å². The highest BCUT2D eigenvalue weighted by atomic mass is 35.5. The van der Waals surface area contributed by atoms with E-state index in [1.54, 1.807) is 0 Å². The highest BCUT2D eigenvalue weighted by Crippen LogP contribution is 2.24. The third kappa shape index (κ3) is 6.06. The lowest BCUT2D eigenvalue weighted by Gasteiger charge is -2.24.